The molecule has 0 fully saturated rings. The largest absolute Gasteiger partial charge is 0.399 e. The van der Waals surface area contributed by atoms with Gasteiger partial charge in [0.05, 0.1) is 5.69 Å². The highest BCUT2D eigenvalue weighted by Gasteiger charge is 2.07. The summed E-state index contributed by atoms with van der Waals surface area (Å²) in [6, 6.07) is 14.4. The van der Waals surface area contributed by atoms with Crippen LogP contribution in [0, 0.1) is 6.92 Å². The highest BCUT2D eigenvalue weighted by molar-refractivity contribution is 5.75. The van der Waals surface area contributed by atoms with Crippen LogP contribution in [-0.2, 0) is 0 Å². The van der Waals surface area contributed by atoms with E-state index in [4.69, 9.17) is 5.73 Å². The normalized spacial score (nSPS) is 10.8. The van der Waals surface area contributed by atoms with E-state index in [9.17, 15) is 0 Å². The summed E-state index contributed by atoms with van der Waals surface area (Å²) in [5.74, 6) is 0.856. The molecule has 0 amide bonds. The zero-order valence-electron chi connectivity index (χ0n) is 14.2. The maximum atomic E-state index is 5.95. The molecule has 0 saturated carbocycles. The molecular formula is C20H22N4. The number of nitrogens with zero attached hydrogens (tertiary/aromatic N) is 2. The molecule has 0 saturated heterocycles. The van der Waals surface area contributed by atoms with E-state index < -0.39 is 0 Å². The van der Waals surface area contributed by atoms with Gasteiger partial charge in [0, 0.05) is 29.7 Å². The number of nitrogens with one attached hydrogen (secondary N) is 1. The second-order valence-electron chi connectivity index (χ2n) is 6.23. The van der Waals surface area contributed by atoms with Gasteiger partial charge >= 0.3 is 0 Å². The third kappa shape index (κ3) is 3.54. The van der Waals surface area contributed by atoms with Crippen molar-refractivity contribution in [2.24, 2.45) is 0 Å². The predicted octanol–water partition coefficient (Wildman–Crippen LogP) is 4.52. The van der Waals surface area contributed by atoms with Crippen molar-refractivity contribution in [3.63, 3.8) is 0 Å². The quantitative estimate of drug-likeness (QED) is 0.694. The fourth-order valence-electron chi connectivity index (χ4n) is 2.67. The summed E-state index contributed by atoms with van der Waals surface area (Å²) in [5, 5.41) is 3.32. The first kappa shape index (κ1) is 16.0. The van der Waals surface area contributed by atoms with Crippen LogP contribution in [0.2, 0.25) is 0 Å². The Balaban J connectivity index is 2.01. The first-order valence-electron chi connectivity index (χ1n) is 8.08. The third-order valence-electron chi connectivity index (χ3n) is 3.82. The first-order chi connectivity index (χ1) is 11.5. The van der Waals surface area contributed by atoms with Gasteiger partial charge in [-0.05, 0) is 73.9 Å². The van der Waals surface area contributed by atoms with Crippen molar-refractivity contribution in [2.45, 2.75) is 26.8 Å². The molecule has 0 bridgehead atoms. The molecule has 2 aromatic heterocycles. The fraction of sp³-hybridized carbons (Fsp3) is 0.200. The highest BCUT2D eigenvalue weighted by atomic mass is 15.0. The minimum Gasteiger partial charge on any atom is -0.399 e. The molecule has 2 heterocycles. The van der Waals surface area contributed by atoms with Gasteiger partial charge in [0.2, 0.25) is 0 Å². The molecular weight excluding hydrogens is 296 g/mol. The molecule has 0 radical (unpaired) electrons. The van der Waals surface area contributed by atoms with Gasteiger partial charge in [0.25, 0.3) is 0 Å². The SMILES string of the molecule is Cc1ccc(N)cc1-c1ccnc(-c2ccnc(NC(C)C)c2)c1. The summed E-state index contributed by atoms with van der Waals surface area (Å²) in [6.45, 7) is 6.28. The van der Waals surface area contributed by atoms with Crippen LogP contribution in [0.1, 0.15) is 19.4 Å². The average Bonchev–Trinajstić information content (AvgIpc) is 2.57. The Labute approximate surface area is 142 Å². The van der Waals surface area contributed by atoms with Gasteiger partial charge in [-0.25, -0.2) is 4.98 Å². The van der Waals surface area contributed by atoms with Crippen LogP contribution in [0.4, 0.5) is 11.5 Å². The van der Waals surface area contributed by atoms with Crippen molar-refractivity contribution in [3.8, 4) is 22.4 Å². The van der Waals surface area contributed by atoms with E-state index in [1.165, 1.54) is 5.56 Å². The lowest BCUT2D eigenvalue weighted by Crippen LogP contribution is -2.10. The lowest BCUT2D eigenvalue weighted by atomic mass is 9.99. The number of aromatic nitrogens is 2. The molecule has 0 atom stereocenters. The Morgan fingerprint density at radius 2 is 1.67 bits per heavy atom. The van der Waals surface area contributed by atoms with E-state index in [0.717, 1.165) is 33.9 Å². The fourth-order valence-corrected chi connectivity index (χ4v) is 2.67. The summed E-state index contributed by atoms with van der Waals surface area (Å²) >= 11 is 0. The predicted molar refractivity (Wildman–Crippen MR) is 101 cm³/mol. The number of benzene rings is 1. The minimum atomic E-state index is 0.335. The van der Waals surface area contributed by atoms with Crippen molar-refractivity contribution in [2.75, 3.05) is 11.1 Å². The second-order valence-corrected chi connectivity index (χ2v) is 6.23. The summed E-state index contributed by atoms with van der Waals surface area (Å²) in [7, 11) is 0. The molecule has 1 aromatic carbocycles. The van der Waals surface area contributed by atoms with E-state index in [2.05, 4.69) is 42.1 Å². The molecule has 4 nitrogen and oxygen atoms in total. The number of hydrogen-bond acceptors (Lipinski definition) is 4. The lowest BCUT2D eigenvalue weighted by Gasteiger charge is -2.11. The van der Waals surface area contributed by atoms with Gasteiger partial charge < -0.3 is 11.1 Å². The van der Waals surface area contributed by atoms with E-state index in [1.54, 1.807) is 6.20 Å². The Bertz CT molecular complexity index is 856. The molecule has 24 heavy (non-hydrogen) atoms. The Morgan fingerprint density at radius 1 is 0.917 bits per heavy atom. The average molecular weight is 318 g/mol. The molecule has 0 aliphatic heterocycles. The van der Waals surface area contributed by atoms with Crippen LogP contribution < -0.4 is 11.1 Å². The van der Waals surface area contributed by atoms with Crippen molar-refractivity contribution in [3.05, 3.63) is 60.4 Å². The van der Waals surface area contributed by atoms with E-state index in [-0.39, 0.29) is 0 Å². The Kier molecular flexibility index (Phi) is 4.47. The first-order valence-corrected chi connectivity index (χ1v) is 8.08. The topological polar surface area (TPSA) is 63.8 Å². The van der Waals surface area contributed by atoms with Crippen LogP contribution in [-0.4, -0.2) is 16.0 Å². The minimum absolute atomic E-state index is 0.335. The molecule has 0 unspecified atom stereocenters. The highest BCUT2D eigenvalue weighted by Crippen LogP contribution is 2.29. The van der Waals surface area contributed by atoms with Crippen LogP contribution in [0.3, 0.4) is 0 Å². The maximum Gasteiger partial charge on any atom is 0.126 e. The molecule has 4 heteroatoms. The summed E-state index contributed by atoms with van der Waals surface area (Å²) in [5.41, 5.74) is 12.1. The molecule has 0 spiro atoms. The summed E-state index contributed by atoms with van der Waals surface area (Å²) in [4.78, 5) is 8.88. The maximum absolute atomic E-state index is 5.95. The second kappa shape index (κ2) is 6.71. The van der Waals surface area contributed by atoms with E-state index in [0.29, 0.717) is 6.04 Å². The molecule has 122 valence electrons. The Hall–Kier alpha value is -2.88. The van der Waals surface area contributed by atoms with Crippen LogP contribution >= 0.6 is 0 Å². The lowest BCUT2D eigenvalue weighted by molar-refractivity contribution is 0.889. The monoisotopic (exact) mass is 318 g/mol. The zero-order valence-corrected chi connectivity index (χ0v) is 14.2. The third-order valence-corrected chi connectivity index (χ3v) is 3.82. The van der Waals surface area contributed by atoms with Crippen molar-refractivity contribution in [1.29, 1.82) is 0 Å². The van der Waals surface area contributed by atoms with E-state index in [1.807, 2.05) is 42.6 Å². The van der Waals surface area contributed by atoms with Gasteiger partial charge in [-0.15, -0.1) is 0 Å². The van der Waals surface area contributed by atoms with Crippen LogP contribution in [0.5, 0.6) is 0 Å². The number of nitrogen functional groups attached to an aromatic ring is 1. The summed E-state index contributed by atoms with van der Waals surface area (Å²) < 4.78 is 0. The molecule has 3 rings (SSSR count). The van der Waals surface area contributed by atoms with E-state index >= 15 is 0 Å². The molecule has 0 aliphatic rings. The number of nitrogens with two attached hydrogens (primary N) is 1. The van der Waals surface area contributed by atoms with Gasteiger partial charge in [-0.1, -0.05) is 6.07 Å². The summed E-state index contributed by atoms with van der Waals surface area (Å²) in [6.07, 6.45) is 3.64. The smallest absolute Gasteiger partial charge is 0.126 e. The molecule has 3 aromatic rings. The van der Waals surface area contributed by atoms with Gasteiger partial charge in [-0.2, -0.15) is 0 Å². The zero-order chi connectivity index (χ0) is 17.1. The molecule has 3 N–H and O–H groups in total. The van der Waals surface area contributed by atoms with Crippen molar-refractivity contribution < 1.29 is 0 Å². The molecule has 0 aliphatic carbocycles. The van der Waals surface area contributed by atoms with Crippen molar-refractivity contribution in [1.82, 2.24) is 9.97 Å². The number of pyridine rings is 2. The number of anilines is 2. The number of hydrogen-bond donors (Lipinski definition) is 2. The standard InChI is InChI=1S/C20H22N4/c1-13(2)24-20-11-16(7-9-23-20)19-10-15(6-8-22-19)18-12-17(21)5-4-14(18)3/h4-13H,21H2,1-3H3,(H,23,24). The number of aryl methyl sites for hydroxylation is 1. The number of rotatable bonds is 4. The van der Waals surface area contributed by atoms with Gasteiger partial charge in [0.15, 0.2) is 0 Å². The van der Waals surface area contributed by atoms with Crippen LogP contribution in [0.25, 0.3) is 22.4 Å². The Morgan fingerprint density at radius 3 is 2.46 bits per heavy atom. The van der Waals surface area contributed by atoms with Gasteiger partial charge in [0.1, 0.15) is 5.82 Å². The van der Waals surface area contributed by atoms with Crippen molar-refractivity contribution >= 4 is 11.5 Å². The van der Waals surface area contributed by atoms with Crippen LogP contribution in [0.15, 0.2) is 54.9 Å². The van der Waals surface area contributed by atoms with Gasteiger partial charge in [-0.3, -0.25) is 4.98 Å².